The van der Waals surface area contributed by atoms with Gasteiger partial charge in [0.1, 0.15) is 0 Å². The molecule has 6 nitrogen and oxygen atoms in total. The third-order valence-corrected chi connectivity index (χ3v) is 5.57. The summed E-state index contributed by atoms with van der Waals surface area (Å²) in [6, 6.07) is 17.0. The number of rotatable bonds is 8. The maximum Gasteiger partial charge on any atom is 0.322 e. The van der Waals surface area contributed by atoms with Crippen molar-refractivity contribution in [1.82, 2.24) is 9.88 Å². The number of urea groups is 1. The van der Waals surface area contributed by atoms with E-state index in [0.717, 1.165) is 41.8 Å². The average molecular weight is 408 g/mol. The summed E-state index contributed by atoms with van der Waals surface area (Å²) in [6.07, 6.45) is 0. The Balaban J connectivity index is 1.85. The third-order valence-electron chi connectivity index (χ3n) is 5.57. The number of hydrogen-bond acceptors (Lipinski definition) is 2. The quantitative estimate of drug-likeness (QED) is 0.537. The molecule has 0 saturated heterocycles. The molecule has 0 atom stereocenters. The van der Waals surface area contributed by atoms with Crippen molar-refractivity contribution >= 4 is 22.6 Å². The highest BCUT2D eigenvalue weighted by Crippen LogP contribution is 2.16. The van der Waals surface area contributed by atoms with E-state index >= 15 is 0 Å². The molecule has 3 aromatic rings. The van der Waals surface area contributed by atoms with Gasteiger partial charge in [0.25, 0.3) is 5.56 Å². The van der Waals surface area contributed by atoms with Crippen molar-refractivity contribution in [3.05, 3.63) is 76.1 Å². The summed E-state index contributed by atoms with van der Waals surface area (Å²) in [6.45, 7) is 9.93. The third kappa shape index (κ3) is 5.27. The number of carbonyl (C=O) groups is 1. The number of likely N-dealkylation sites (N-methyl/N-ethyl adjacent to an activating group) is 1. The van der Waals surface area contributed by atoms with Crippen LogP contribution in [0.3, 0.4) is 0 Å². The fourth-order valence-electron chi connectivity index (χ4n) is 3.62. The largest absolute Gasteiger partial charge is 0.334 e. The monoisotopic (exact) mass is 407 g/mol. The Hall–Kier alpha value is -3.12. The van der Waals surface area contributed by atoms with Gasteiger partial charge in [-0.2, -0.15) is 0 Å². The van der Waals surface area contributed by atoms with E-state index in [1.165, 1.54) is 4.90 Å². The molecule has 1 heterocycles. The second-order valence-electron chi connectivity index (χ2n) is 7.59. The van der Waals surface area contributed by atoms with Gasteiger partial charge in [0.05, 0.1) is 38.2 Å². The first-order valence-corrected chi connectivity index (χ1v) is 10.6. The molecule has 30 heavy (non-hydrogen) atoms. The summed E-state index contributed by atoms with van der Waals surface area (Å²) in [5, 5.41) is 3.93. The molecular formula is C24H31N4O2+. The lowest BCUT2D eigenvalue weighted by Gasteiger charge is -2.25. The van der Waals surface area contributed by atoms with Gasteiger partial charge in [-0.1, -0.05) is 36.4 Å². The van der Waals surface area contributed by atoms with E-state index in [2.05, 4.69) is 24.1 Å². The Bertz CT molecular complexity index is 1040. The fourth-order valence-corrected chi connectivity index (χ4v) is 3.62. The lowest BCUT2D eigenvalue weighted by Crippen LogP contribution is -3.12. The molecule has 0 aliphatic heterocycles. The Kier molecular flexibility index (Phi) is 7.25. The van der Waals surface area contributed by atoms with E-state index < -0.39 is 0 Å². The number of fused-ring (bicyclic) bond motifs is 1. The number of aromatic amines is 1. The number of nitrogens with one attached hydrogen (secondary N) is 3. The molecule has 0 fully saturated rings. The number of nitrogens with zero attached hydrogens (tertiary/aromatic N) is 1. The second kappa shape index (κ2) is 10.1. The number of anilines is 1. The normalized spacial score (nSPS) is 11.1. The molecule has 3 rings (SSSR count). The van der Waals surface area contributed by atoms with Crippen LogP contribution < -0.4 is 15.8 Å². The van der Waals surface area contributed by atoms with E-state index in [1.54, 1.807) is 4.90 Å². The lowest BCUT2D eigenvalue weighted by atomic mass is 10.1. The standard InChI is InChI=1S/C24H30N4O2/c1-4-27(5-2)14-15-28(24(30)25-21-12-7-6-8-13-21)17-20-16-19-11-9-10-18(3)22(19)26-23(20)29/h6-13,16H,4-5,14-15,17H2,1-3H3,(H,25,30)(H,26,29)/p+1. The zero-order valence-electron chi connectivity index (χ0n) is 18.0. The van der Waals surface area contributed by atoms with E-state index in [9.17, 15) is 9.59 Å². The smallest absolute Gasteiger partial charge is 0.322 e. The van der Waals surface area contributed by atoms with Gasteiger partial charge in [0.2, 0.25) is 0 Å². The molecule has 0 aliphatic carbocycles. The molecular weight excluding hydrogens is 376 g/mol. The Morgan fingerprint density at radius 2 is 1.80 bits per heavy atom. The molecule has 0 saturated carbocycles. The van der Waals surface area contributed by atoms with Crippen molar-refractivity contribution in [3.63, 3.8) is 0 Å². The van der Waals surface area contributed by atoms with Crippen LogP contribution in [0.25, 0.3) is 10.9 Å². The van der Waals surface area contributed by atoms with E-state index in [0.29, 0.717) is 12.1 Å². The number of aryl methyl sites for hydroxylation is 1. The predicted octanol–water partition coefficient (Wildman–Crippen LogP) is 2.80. The van der Waals surface area contributed by atoms with E-state index in [-0.39, 0.29) is 18.1 Å². The van der Waals surface area contributed by atoms with Crippen LogP contribution in [0.5, 0.6) is 0 Å². The average Bonchev–Trinajstić information content (AvgIpc) is 2.75. The number of para-hydroxylation sites is 2. The van der Waals surface area contributed by atoms with Gasteiger partial charge < -0.3 is 20.1 Å². The minimum absolute atomic E-state index is 0.149. The molecule has 3 N–H and O–H groups in total. The van der Waals surface area contributed by atoms with Crippen molar-refractivity contribution in [2.75, 3.05) is 31.5 Å². The molecule has 0 spiro atoms. The summed E-state index contributed by atoms with van der Waals surface area (Å²) in [4.78, 5) is 31.9. The molecule has 0 aliphatic rings. The Morgan fingerprint density at radius 3 is 2.50 bits per heavy atom. The zero-order chi connectivity index (χ0) is 21.5. The van der Waals surface area contributed by atoms with Crippen LogP contribution in [-0.2, 0) is 6.54 Å². The Labute approximate surface area is 177 Å². The molecule has 0 unspecified atom stereocenters. The van der Waals surface area contributed by atoms with Crippen molar-refractivity contribution < 1.29 is 9.69 Å². The number of benzene rings is 2. The fraction of sp³-hybridized carbons (Fsp3) is 0.333. The summed E-state index contributed by atoms with van der Waals surface area (Å²) in [5.41, 5.74) is 3.06. The number of carbonyl (C=O) groups excluding carboxylic acids is 1. The summed E-state index contributed by atoms with van der Waals surface area (Å²) >= 11 is 0. The molecule has 158 valence electrons. The SMILES string of the molecule is CC[NH+](CC)CCN(Cc1cc2cccc(C)c2[nH]c1=O)C(=O)Nc1ccccc1. The van der Waals surface area contributed by atoms with Crippen molar-refractivity contribution in [2.45, 2.75) is 27.3 Å². The summed E-state index contributed by atoms with van der Waals surface area (Å²) < 4.78 is 0. The van der Waals surface area contributed by atoms with Gasteiger partial charge in [-0.15, -0.1) is 0 Å². The van der Waals surface area contributed by atoms with Gasteiger partial charge in [-0.05, 0) is 49.9 Å². The van der Waals surface area contributed by atoms with Crippen LogP contribution in [0, 0.1) is 6.92 Å². The number of H-pyrrole nitrogens is 1. The number of pyridine rings is 1. The minimum atomic E-state index is -0.198. The zero-order valence-corrected chi connectivity index (χ0v) is 18.0. The highest BCUT2D eigenvalue weighted by molar-refractivity contribution is 5.89. The highest BCUT2D eigenvalue weighted by atomic mass is 16.2. The van der Waals surface area contributed by atoms with Crippen LogP contribution in [0.4, 0.5) is 10.5 Å². The van der Waals surface area contributed by atoms with E-state index in [1.807, 2.05) is 61.5 Å². The molecule has 0 bridgehead atoms. The highest BCUT2D eigenvalue weighted by Gasteiger charge is 2.18. The number of aromatic nitrogens is 1. The van der Waals surface area contributed by atoms with Gasteiger partial charge >= 0.3 is 6.03 Å². The van der Waals surface area contributed by atoms with Gasteiger partial charge in [0, 0.05) is 11.3 Å². The number of amides is 2. The van der Waals surface area contributed by atoms with Gasteiger partial charge in [0.15, 0.2) is 0 Å². The first kappa shape index (κ1) is 21.6. The molecule has 0 radical (unpaired) electrons. The van der Waals surface area contributed by atoms with Crippen molar-refractivity contribution in [2.24, 2.45) is 0 Å². The van der Waals surface area contributed by atoms with Crippen LogP contribution in [0.2, 0.25) is 0 Å². The van der Waals surface area contributed by atoms with Crippen molar-refractivity contribution in [1.29, 1.82) is 0 Å². The number of quaternary nitrogens is 1. The molecule has 6 heteroatoms. The summed E-state index contributed by atoms with van der Waals surface area (Å²) in [7, 11) is 0. The summed E-state index contributed by atoms with van der Waals surface area (Å²) in [5.74, 6) is 0. The van der Waals surface area contributed by atoms with E-state index in [4.69, 9.17) is 0 Å². The predicted molar refractivity (Wildman–Crippen MR) is 122 cm³/mol. The first-order valence-electron chi connectivity index (χ1n) is 10.6. The first-order chi connectivity index (χ1) is 14.5. The lowest BCUT2D eigenvalue weighted by molar-refractivity contribution is -0.895. The molecule has 2 aromatic carbocycles. The van der Waals surface area contributed by atoms with Crippen LogP contribution in [0.15, 0.2) is 59.4 Å². The van der Waals surface area contributed by atoms with Gasteiger partial charge in [-0.25, -0.2) is 4.79 Å². The molecule has 2 amide bonds. The van der Waals surface area contributed by atoms with Crippen LogP contribution in [-0.4, -0.2) is 42.1 Å². The maximum absolute atomic E-state index is 13.0. The van der Waals surface area contributed by atoms with Gasteiger partial charge in [-0.3, -0.25) is 4.79 Å². The van der Waals surface area contributed by atoms with Crippen molar-refractivity contribution in [3.8, 4) is 0 Å². The van der Waals surface area contributed by atoms with Crippen LogP contribution in [0.1, 0.15) is 25.0 Å². The molecule has 1 aromatic heterocycles. The maximum atomic E-state index is 13.0. The minimum Gasteiger partial charge on any atom is -0.334 e. The van der Waals surface area contributed by atoms with Crippen LogP contribution >= 0.6 is 0 Å². The topological polar surface area (TPSA) is 69.6 Å². The Morgan fingerprint density at radius 1 is 1.07 bits per heavy atom. The number of hydrogen-bond donors (Lipinski definition) is 3. The second-order valence-corrected chi connectivity index (χ2v) is 7.59.